The number of benzene rings is 3. The highest BCUT2D eigenvalue weighted by Crippen LogP contribution is 2.31. The van der Waals surface area contributed by atoms with Gasteiger partial charge in [-0.2, -0.15) is 0 Å². The number of carbonyl (C=O) groups is 2. The summed E-state index contributed by atoms with van der Waals surface area (Å²) in [5, 5.41) is 4.39. The van der Waals surface area contributed by atoms with E-state index < -0.39 is 0 Å². The van der Waals surface area contributed by atoms with E-state index >= 15 is 0 Å². The van der Waals surface area contributed by atoms with Gasteiger partial charge in [0.15, 0.2) is 0 Å². The Bertz CT molecular complexity index is 1350. The minimum atomic E-state index is -0.175. The Hall–Kier alpha value is -3.09. The highest BCUT2D eigenvalue weighted by atomic mass is 79.9. The fraction of sp³-hybridized carbons (Fsp3) is 0.185. The van der Waals surface area contributed by atoms with E-state index in [-0.39, 0.29) is 18.2 Å². The molecule has 0 radical (unpaired) electrons. The van der Waals surface area contributed by atoms with Crippen molar-refractivity contribution >= 4 is 50.2 Å². The van der Waals surface area contributed by atoms with Crippen molar-refractivity contribution in [1.82, 2.24) is 9.88 Å². The summed E-state index contributed by atoms with van der Waals surface area (Å²) in [6, 6.07) is 20.4. The van der Waals surface area contributed by atoms with Crippen LogP contribution in [-0.4, -0.2) is 30.0 Å². The molecule has 174 valence electrons. The Morgan fingerprint density at radius 2 is 1.74 bits per heavy atom. The molecule has 1 aromatic heterocycles. The lowest BCUT2D eigenvalue weighted by Gasteiger charge is -2.08. The highest BCUT2D eigenvalue weighted by molar-refractivity contribution is 9.10. The van der Waals surface area contributed by atoms with Gasteiger partial charge in [0, 0.05) is 32.7 Å². The first-order valence-corrected chi connectivity index (χ1v) is 12.0. The van der Waals surface area contributed by atoms with Crippen molar-refractivity contribution in [1.29, 1.82) is 0 Å². The summed E-state index contributed by atoms with van der Waals surface area (Å²) in [6.45, 7) is 2.40. The number of rotatable bonds is 7. The molecule has 0 aliphatic rings. The van der Waals surface area contributed by atoms with Gasteiger partial charge in [-0.25, -0.2) is 0 Å². The molecule has 0 fully saturated rings. The summed E-state index contributed by atoms with van der Waals surface area (Å²) >= 11 is 9.42. The lowest BCUT2D eigenvalue weighted by molar-refractivity contribution is -0.120. The third-order valence-corrected chi connectivity index (χ3v) is 6.60. The number of methoxy groups -OCH3 is 1. The SMILES string of the molecule is COc1ccc2c(c1)c(CC(=O)NCCc1ccc(Br)cc1)c(C)n2C(=O)c1ccc(Cl)cc1. The van der Waals surface area contributed by atoms with Crippen LogP contribution in [0.3, 0.4) is 0 Å². The summed E-state index contributed by atoms with van der Waals surface area (Å²) in [5.41, 5.74) is 3.93. The van der Waals surface area contributed by atoms with Crippen LogP contribution < -0.4 is 10.1 Å². The zero-order valence-electron chi connectivity index (χ0n) is 18.9. The molecule has 34 heavy (non-hydrogen) atoms. The Labute approximate surface area is 211 Å². The van der Waals surface area contributed by atoms with Crippen LogP contribution in [0.25, 0.3) is 10.9 Å². The number of fused-ring (bicyclic) bond motifs is 1. The van der Waals surface area contributed by atoms with Gasteiger partial charge in [0.05, 0.1) is 19.0 Å². The number of aromatic nitrogens is 1. The van der Waals surface area contributed by atoms with Crippen LogP contribution in [0.1, 0.15) is 27.2 Å². The van der Waals surface area contributed by atoms with Gasteiger partial charge in [-0.05, 0) is 79.1 Å². The van der Waals surface area contributed by atoms with E-state index in [0.29, 0.717) is 22.9 Å². The molecule has 7 heteroatoms. The number of halogens is 2. The molecule has 4 aromatic rings. The quantitative estimate of drug-likeness (QED) is 0.315. The molecule has 5 nitrogen and oxygen atoms in total. The summed E-state index contributed by atoms with van der Waals surface area (Å²) in [7, 11) is 1.60. The van der Waals surface area contributed by atoms with E-state index in [4.69, 9.17) is 16.3 Å². The topological polar surface area (TPSA) is 60.3 Å². The molecule has 0 aliphatic heterocycles. The Balaban J connectivity index is 1.60. The van der Waals surface area contributed by atoms with Crippen molar-refractivity contribution in [2.75, 3.05) is 13.7 Å². The summed E-state index contributed by atoms with van der Waals surface area (Å²) in [6.07, 6.45) is 0.902. The third kappa shape index (κ3) is 5.18. The van der Waals surface area contributed by atoms with E-state index in [2.05, 4.69) is 21.2 Å². The maximum absolute atomic E-state index is 13.4. The van der Waals surface area contributed by atoms with Gasteiger partial charge in [-0.3, -0.25) is 14.2 Å². The number of carbonyl (C=O) groups excluding carboxylic acids is 2. The van der Waals surface area contributed by atoms with Crippen molar-refractivity contribution in [3.8, 4) is 5.75 Å². The number of hydrogen-bond donors (Lipinski definition) is 1. The van der Waals surface area contributed by atoms with Crippen LogP contribution in [0.5, 0.6) is 5.75 Å². The van der Waals surface area contributed by atoms with Crippen molar-refractivity contribution in [2.24, 2.45) is 0 Å². The first-order chi connectivity index (χ1) is 16.4. The fourth-order valence-corrected chi connectivity index (χ4v) is 4.41. The van der Waals surface area contributed by atoms with Crippen molar-refractivity contribution in [3.05, 3.63) is 98.6 Å². The van der Waals surface area contributed by atoms with Gasteiger partial charge in [0.1, 0.15) is 5.75 Å². The molecule has 4 rings (SSSR count). The molecule has 0 atom stereocenters. The van der Waals surface area contributed by atoms with Crippen LogP contribution in [0.15, 0.2) is 71.2 Å². The summed E-state index contributed by atoms with van der Waals surface area (Å²) in [4.78, 5) is 26.2. The van der Waals surface area contributed by atoms with Crippen LogP contribution in [0.2, 0.25) is 5.02 Å². The average molecular weight is 540 g/mol. The molecule has 0 saturated heterocycles. The summed E-state index contributed by atoms with van der Waals surface area (Å²) in [5.74, 6) is 0.396. The smallest absolute Gasteiger partial charge is 0.262 e. The monoisotopic (exact) mass is 538 g/mol. The van der Waals surface area contributed by atoms with E-state index in [1.54, 1.807) is 35.9 Å². The van der Waals surface area contributed by atoms with Crippen LogP contribution >= 0.6 is 27.5 Å². The molecule has 1 N–H and O–H groups in total. The normalized spacial score (nSPS) is 10.9. The predicted octanol–water partition coefficient (Wildman–Crippen LogP) is 5.96. The lowest BCUT2D eigenvalue weighted by Crippen LogP contribution is -2.27. The lowest BCUT2D eigenvalue weighted by atomic mass is 10.1. The average Bonchev–Trinajstić information content (AvgIpc) is 3.10. The predicted molar refractivity (Wildman–Crippen MR) is 139 cm³/mol. The largest absolute Gasteiger partial charge is 0.497 e. The molecule has 0 aliphatic carbocycles. The van der Waals surface area contributed by atoms with Crippen LogP contribution in [-0.2, 0) is 17.6 Å². The molecular formula is C27H24BrClN2O3. The Kier molecular flexibility index (Phi) is 7.39. The van der Waals surface area contributed by atoms with Crippen molar-refractivity contribution in [2.45, 2.75) is 19.8 Å². The standard InChI is InChI=1S/C27H24BrClN2O3/c1-17-23(16-26(32)30-14-13-18-3-7-20(28)8-4-18)24-15-22(34-2)11-12-25(24)31(17)27(33)19-5-9-21(29)10-6-19/h3-12,15H,13-14,16H2,1-2H3,(H,30,32). The zero-order valence-corrected chi connectivity index (χ0v) is 21.2. The number of nitrogens with one attached hydrogen (secondary N) is 1. The van der Waals surface area contributed by atoms with E-state index in [9.17, 15) is 9.59 Å². The summed E-state index contributed by atoms with van der Waals surface area (Å²) < 4.78 is 8.08. The minimum absolute atomic E-state index is 0.0963. The zero-order chi connectivity index (χ0) is 24.2. The second-order valence-electron chi connectivity index (χ2n) is 8.00. The van der Waals surface area contributed by atoms with Gasteiger partial charge in [0.25, 0.3) is 5.91 Å². The highest BCUT2D eigenvalue weighted by Gasteiger charge is 2.22. The van der Waals surface area contributed by atoms with Gasteiger partial charge in [0.2, 0.25) is 5.91 Å². The first-order valence-electron chi connectivity index (χ1n) is 10.9. The second kappa shape index (κ2) is 10.5. The Morgan fingerprint density at radius 1 is 1.03 bits per heavy atom. The third-order valence-electron chi connectivity index (χ3n) is 5.82. The molecule has 1 amide bonds. The van der Waals surface area contributed by atoms with Crippen LogP contribution in [0.4, 0.5) is 0 Å². The number of amides is 1. The van der Waals surface area contributed by atoms with Crippen molar-refractivity contribution in [3.63, 3.8) is 0 Å². The molecule has 3 aromatic carbocycles. The van der Waals surface area contributed by atoms with Crippen molar-refractivity contribution < 1.29 is 14.3 Å². The first kappa shape index (κ1) is 24.0. The maximum Gasteiger partial charge on any atom is 0.262 e. The van der Waals surface area contributed by atoms with E-state index in [1.807, 2.05) is 49.4 Å². The molecule has 0 bridgehead atoms. The second-order valence-corrected chi connectivity index (χ2v) is 9.35. The molecule has 1 heterocycles. The van der Waals surface area contributed by atoms with E-state index in [1.165, 1.54) is 0 Å². The van der Waals surface area contributed by atoms with Gasteiger partial charge >= 0.3 is 0 Å². The molecule has 0 saturated carbocycles. The molecule has 0 unspecified atom stereocenters. The number of ether oxygens (including phenoxy) is 1. The molecule has 0 spiro atoms. The fourth-order valence-electron chi connectivity index (χ4n) is 4.02. The molecular weight excluding hydrogens is 516 g/mol. The minimum Gasteiger partial charge on any atom is -0.497 e. The van der Waals surface area contributed by atoms with E-state index in [0.717, 1.165) is 38.6 Å². The van der Waals surface area contributed by atoms with Gasteiger partial charge in [-0.15, -0.1) is 0 Å². The van der Waals surface area contributed by atoms with Gasteiger partial charge < -0.3 is 10.1 Å². The Morgan fingerprint density at radius 3 is 2.41 bits per heavy atom. The number of nitrogens with zero attached hydrogens (tertiary/aromatic N) is 1. The number of hydrogen-bond acceptors (Lipinski definition) is 3. The van der Waals surface area contributed by atoms with Crippen LogP contribution in [0, 0.1) is 6.92 Å². The van der Waals surface area contributed by atoms with Gasteiger partial charge in [-0.1, -0.05) is 39.7 Å². The maximum atomic E-state index is 13.4.